The number of carbonyl (C=O) groups excluding carboxylic acids is 2. The third-order valence-electron chi connectivity index (χ3n) is 1.84. The van der Waals surface area contributed by atoms with Gasteiger partial charge < -0.3 is 10.5 Å². The maximum absolute atomic E-state index is 11.2. The van der Waals surface area contributed by atoms with E-state index in [4.69, 9.17) is 5.73 Å². The van der Waals surface area contributed by atoms with Crippen LogP contribution in [0, 0.1) is 0 Å². The number of esters is 1. The second-order valence-corrected chi connectivity index (χ2v) is 4.00. The minimum atomic E-state index is -0.667. The molecule has 0 saturated carbocycles. The number of fused-ring (bicyclic) bond motifs is 1. The van der Waals surface area contributed by atoms with Crippen molar-refractivity contribution in [2.45, 2.75) is 6.42 Å². The van der Waals surface area contributed by atoms with Gasteiger partial charge in [0.1, 0.15) is 0 Å². The first-order chi connectivity index (χ1) is 7.65. The fourth-order valence-corrected chi connectivity index (χ4v) is 1.93. The average Bonchev–Trinajstić information content (AvgIpc) is 2.74. The summed E-state index contributed by atoms with van der Waals surface area (Å²) >= 11 is 1.48. The van der Waals surface area contributed by atoms with Gasteiger partial charge in [0.2, 0.25) is 0 Å². The van der Waals surface area contributed by atoms with Crippen LogP contribution in [-0.2, 0) is 20.7 Å². The molecular formula is C9H9N3O3S. The number of thiazole rings is 1. The molecule has 0 saturated heterocycles. The smallest absolute Gasteiger partial charge is 0.312 e. The molecule has 0 unspecified atom stereocenters. The molecule has 2 N–H and O–H groups in total. The van der Waals surface area contributed by atoms with E-state index >= 15 is 0 Å². The van der Waals surface area contributed by atoms with Gasteiger partial charge in [-0.2, -0.15) is 0 Å². The van der Waals surface area contributed by atoms with Gasteiger partial charge in [0.15, 0.2) is 11.6 Å². The molecule has 2 aromatic heterocycles. The van der Waals surface area contributed by atoms with Gasteiger partial charge in [-0.1, -0.05) is 0 Å². The molecule has 7 heteroatoms. The maximum atomic E-state index is 11.2. The Labute approximate surface area is 94.6 Å². The van der Waals surface area contributed by atoms with Gasteiger partial charge in [0.05, 0.1) is 12.1 Å². The fourth-order valence-electron chi connectivity index (χ4n) is 1.21. The van der Waals surface area contributed by atoms with Crippen LogP contribution in [-0.4, -0.2) is 27.9 Å². The van der Waals surface area contributed by atoms with E-state index < -0.39 is 11.9 Å². The maximum Gasteiger partial charge on any atom is 0.312 e. The van der Waals surface area contributed by atoms with Crippen molar-refractivity contribution in [2.75, 3.05) is 6.61 Å². The van der Waals surface area contributed by atoms with Gasteiger partial charge in [0, 0.05) is 17.8 Å². The van der Waals surface area contributed by atoms with Crippen molar-refractivity contribution in [2.24, 2.45) is 5.73 Å². The van der Waals surface area contributed by atoms with Crippen LogP contribution in [0.4, 0.5) is 0 Å². The number of aromatic nitrogens is 2. The molecule has 0 aliphatic heterocycles. The van der Waals surface area contributed by atoms with Gasteiger partial charge >= 0.3 is 5.97 Å². The third-order valence-corrected chi connectivity index (χ3v) is 2.61. The second-order valence-electron chi connectivity index (χ2n) is 3.13. The SMILES string of the molecule is NC(=O)COC(=O)Cc1cn2ccsc2n1. The lowest BCUT2D eigenvalue weighted by atomic mass is 10.3. The minimum Gasteiger partial charge on any atom is -0.455 e. The molecule has 0 aliphatic rings. The summed E-state index contributed by atoms with van der Waals surface area (Å²) in [5.41, 5.74) is 5.46. The van der Waals surface area contributed by atoms with E-state index in [0.717, 1.165) is 4.96 Å². The highest BCUT2D eigenvalue weighted by Crippen LogP contribution is 2.11. The summed E-state index contributed by atoms with van der Waals surface area (Å²) < 4.78 is 6.44. The van der Waals surface area contributed by atoms with E-state index in [1.807, 2.05) is 16.0 Å². The zero-order valence-electron chi connectivity index (χ0n) is 8.25. The number of ether oxygens (including phenoxy) is 1. The Morgan fingerprint density at radius 2 is 2.38 bits per heavy atom. The number of hydrogen-bond acceptors (Lipinski definition) is 5. The van der Waals surface area contributed by atoms with E-state index in [1.165, 1.54) is 11.3 Å². The third kappa shape index (κ3) is 2.37. The molecule has 0 aromatic carbocycles. The monoisotopic (exact) mass is 239 g/mol. The largest absolute Gasteiger partial charge is 0.455 e. The molecule has 0 atom stereocenters. The first kappa shape index (κ1) is 10.6. The van der Waals surface area contributed by atoms with Crippen molar-refractivity contribution >= 4 is 28.2 Å². The van der Waals surface area contributed by atoms with Crippen LogP contribution >= 0.6 is 11.3 Å². The van der Waals surface area contributed by atoms with Gasteiger partial charge in [-0.05, 0) is 0 Å². The molecule has 0 radical (unpaired) electrons. The van der Waals surface area contributed by atoms with E-state index in [-0.39, 0.29) is 13.0 Å². The number of carbonyl (C=O) groups is 2. The summed E-state index contributed by atoms with van der Waals surface area (Å²) in [5, 5.41) is 1.90. The Balaban J connectivity index is 1.96. The number of nitrogens with two attached hydrogens (primary N) is 1. The Kier molecular flexibility index (Phi) is 2.86. The highest BCUT2D eigenvalue weighted by Gasteiger charge is 2.10. The molecule has 2 rings (SSSR count). The van der Waals surface area contributed by atoms with Gasteiger partial charge in [-0.15, -0.1) is 11.3 Å². The van der Waals surface area contributed by atoms with Crippen molar-refractivity contribution < 1.29 is 14.3 Å². The minimum absolute atomic E-state index is 0.0433. The molecular weight excluding hydrogens is 230 g/mol. The van der Waals surface area contributed by atoms with Gasteiger partial charge in [-0.25, -0.2) is 4.98 Å². The van der Waals surface area contributed by atoms with Gasteiger partial charge in [-0.3, -0.25) is 14.0 Å². The molecule has 6 nitrogen and oxygen atoms in total. The molecule has 2 aromatic rings. The second kappa shape index (κ2) is 4.31. The summed E-state index contributed by atoms with van der Waals surface area (Å²) in [7, 11) is 0. The predicted molar refractivity (Wildman–Crippen MR) is 56.9 cm³/mol. The molecule has 84 valence electrons. The summed E-state index contributed by atoms with van der Waals surface area (Å²) in [5.74, 6) is -1.18. The van der Waals surface area contributed by atoms with Crippen molar-refractivity contribution in [3.05, 3.63) is 23.5 Å². The van der Waals surface area contributed by atoms with Crippen LogP contribution in [0.15, 0.2) is 17.8 Å². The normalized spacial score (nSPS) is 10.5. The fraction of sp³-hybridized carbons (Fsp3) is 0.222. The van der Waals surface area contributed by atoms with E-state index in [2.05, 4.69) is 9.72 Å². The number of imidazole rings is 1. The topological polar surface area (TPSA) is 86.7 Å². The van der Waals surface area contributed by atoms with Crippen LogP contribution in [0.25, 0.3) is 4.96 Å². The first-order valence-corrected chi connectivity index (χ1v) is 5.38. The lowest BCUT2D eigenvalue weighted by molar-refractivity contribution is -0.147. The van der Waals surface area contributed by atoms with Crippen LogP contribution in [0.5, 0.6) is 0 Å². The number of nitrogens with zero attached hydrogens (tertiary/aromatic N) is 2. The molecule has 0 aliphatic carbocycles. The number of amides is 1. The molecule has 2 heterocycles. The van der Waals surface area contributed by atoms with Crippen LogP contribution < -0.4 is 5.73 Å². The summed E-state index contributed by atoms with van der Waals surface area (Å²) in [6.45, 7) is -0.388. The van der Waals surface area contributed by atoms with Crippen LogP contribution in [0.1, 0.15) is 5.69 Å². The molecule has 0 spiro atoms. The highest BCUT2D eigenvalue weighted by atomic mass is 32.1. The number of rotatable bonds is 4. The summed E-state index contributed by atoms with van der Waals surface area (Å²) in [6, 6.07) is 0. The predicted octanol–water partition coefficient (Wildman–Crippen LogP) is -0.0332. The van der Waals surface area contributed by atoms with Crippen molar-refractivity contribution in [3.63, 3.8) is 0 Å². The number of primary amides is 1. The van der Waals surface area contributed by atoms with E-state index in [9.17, 15) is 9.59 Å². The highest BCUT2D eigenvalue weighted by molar-refractivity contribution is 7.15. The average molecular weight is 239 g/mol. The van der Waals surface area contributed by atoms with Crippen molar-refractivity contribution in [3.8, 4) is 0 Å². The number of hydrogen-bond donors (Lipinski definition) is 1. The lowest BCUT2D eigenvalue weighted by Gasteiger charge is -1.99. The standard InChI is InChI=1S/C9H9N3O3S/c10-7(13)5-15-8(14)3-6-4-12-1-2-16-9(12)11-6/h1-2,4H,3,5H2,(H2,10,13). The molecule has 0 fully saturated rings. The van der Waals surface area contributed by atoms with Crippen molar-refractivity contribution in [1.29, 1.82) is 0 Å². The zero-order chi connectivity index (χ0) is 11.5. The Morgan fingerprint density at radius 1 is 1.56 bits per heavy atom. The van der Waals surface area contributed by atoms with Crippen LogP contribution in [0.2, 0.25) is 0 Å². The quantitative estimate of drug-likeness (QED) is 0.759. The Bertz CT molecular complexity index is 502. The molecule has 16 heavy (non-hydrogen) atoms. The molecule has 0 bridgehead atoms. The van der Waals surface area contributed by atoms with Crippen LogP contribution in [0.3, 0.4) is 0 Å². The van der Waals surface area contributed by atoms with Gasteiger partial charge in [0.25, 0.3) is 5.91 Å². The summed E-state index contributed by atoms with van der Waals surface area (Å²) in [6.07, 6.45) is 3.64. The first-order valence-electron chi connectivity index (χ1n) is 4.50. The van der Waals surface area contributed by atoms with E-state index in [0.29, 0.717) is 5.69 Å². The lowest BCUT2D eigenvalue weighted by Crippen LogP contribution is -2.21. The Hall–Kier alpha value is -1.89. The molecule has 1 amide bonds. The van der Waals surface area contributed by atoms with E-state index in [1.54, 1.807) is 6.20 Å². The zero-order valence-corrected chi connectivity index (χ0v) is 9.07. The Morgan fingerprint density at radius 3 is 3.06 bits per heavy atom. The van der Waals surface area contributed by atoms with Crippen molar-refractivity contribution in [1.82, 2.24) is 9.38 Å². The summed E-state index contributed by atoms with van der Waals surface area (Å²) in [4.78, 5) is 26.6.